The number of rotatable bonds is 3. The van der Waals surface area contributed by atoms with Gasteiger partial charge >= 0.3 is 0 Å². The molecule has 0 unspecified atom stereocenters. The summed E-state index contributed by atoms with van der Waals surface area (Å²) in [5.74, 6) is 0.702. The number of hydrogen-bond acceptors (Lipinski definition) is 3. The van der Waals surface area contributed by atoms with Crippen LogP contribution >= 0.6 is 11.3 Å². The standard InChI is InChI=1S/C17H19NO2S/c1-11-14-5-3-4-6-15(14)21-17(11)18-16(19)12-7-9-13(20-2)10-8-12/h7-10H,3-6H2,1-2H3,(H,18,19). The maximum atomic E-state index is 12.3. The van der Waals surface area contributed by atoms with Gasteiger partial charge in [0.25, 0.3) is 5.91 Å². The first-order valence-electron chi connectivity index (χ1n) is 7.25. The summed E-state index contributed by atoms with van der Waals surface area (Å²) in [5, 5.41) is 4.06. The van der Waals surface area contributed by atoms with Gasteiger partial charge in [-0.2, -0.15) is 0 Å². The molecule has 1 aromatic heterocycles. The van der Waals surface area contributed by atoms with E-state index in [2.05, 4.69) is 12.2 Å². The lowest BCUT2D eigenvalue weighted by Crippen LogP contribution is -2.11. The molecule has 0 saturated carbocycles. The molecule has 3 nitrogen and oxygen atoms in total. The van der Waals surface area contributed by atoms with E-state index in [0.717, 1.165) is 23.6 Å². The van der Waals surface area contributed by atoms with Crippen molar-refractivity contribution in [3.05, 3.63) is 45.8 Å². The highest BCUT2D eigenvalue weighted by Crippen LogP contribution is 2.37. The predicted octanol–water partition coefficient (Wildman–Crippen LogP) is 4.20. The number of thiophene rings is 1. The van der Waals surface area contributed by atoms with Crippen molar-refractivity contribution in [3.8, 4) is 5.75 Å². The minimum absolute atomic E-state index is 0.0562. The number of nitrogens with one attached hydrogen (secondary N) is 1. The number of carbonyl (C=O) groups excluding carboxylic acids is 1. The first kappa shape index (κ1) is 14.1. The Hall–Kier alpha value is -1.81. The van der Waals surface area contributed by atoms with Crippen molar-refractivity contribution in [1.82, 2.24) is 0 Å². The molecule has 0 bridgehead atoms. The van der Waals surface area contributed by atoms with E-state index in [1.807, 2.05) is 0 Å². The van der Waals surface area contributed by atoms with Gasteiger partial charge in [-0.25, -0.2) is 0 Å². The molecular weight excluding hydrogens is 282 g/mol. The van der Waals surface area contributed by atoms with Crippen LogP contribution < -0.4 is 10.1 Å². The molecule has 1 aliphatic rings. The zero-order chi connectivity index (χ0) is 14.8. The molecule has 110 valence electrons. The van der Waals surface area contributed by atoms with E-state index in [1.54, 1.807) is 42.7 Å². The van der Waals surface area contributed by atoms with E-state index in [0.29, 0.717) is 5.56 Å². The lowest BCUT2D eigenvalue weighted by Gasteiger charge is -2.10. The van der Waals surface area contributed by atoms with Gasteiger partial charge in [0.2, 0.25) is 0 Å². The Balaban J connectivity index is 1.79. The van der Waals surface area contributed by atoms with E-state index in [1.165, 1.54) is 28.8 Å². The average molecular weight is 301 g/mol. The van der Waals surface area contributed by atoms with Crippen molar-refractivity contribution >= 4 is 22.2 Å². The quantitative estimate of drug-likeness (QED) is 0.923. The number of hydrogen-bond donors (Lipinski definition) is 1. The van der Waals surface area contributed by atoms with Gasteiger partial charge in [-0.3, -0.25) is 4.79 Å². The molecule has 1 heterocycles. The SMILES string of the molecule is COc1ccc(C(=O)Nc2sc3c(c2C)CCCC3)cc1. The molecule has 1 amide bonds. The summed E-state index contributed by atoms with van der Waals surface area (Å²) < 4.78 is 5.11. The van der Waals surface area contributed by atoms with Gasteiger partial charge < -0.3 is 10.1 Å². The molecule has 0 fully saturated rings. The lowest BCUT2D eigenvalue weighted by atomic mass is 9.96. The highest BCUT2D eigenvalue weighted by molar-refractivity contribution is 7.16. The van der Waals surface area contributed by atoms with Crippen LogP contribution in [0.5, 0.6) is 5.75 Å². The van der Waals surface area contributed by atoms with Crippen LogP contribution in [-0.4, -0.2) is 13.0 Å². The molecule has 3 rings (SSSR count). The Morgan fingerprint density at radius 3 is 2.57 bits per heavy atom. The lowest BCUT2D eigenvalue weighted by molar-refractivity contribution is 0.102. The first-order valence-corrected chi connectivity index (χ1v) is 8.07. The molecule has 0 atom stereocenters. The summed E-state index contributed by atoms with van der Waals surface area (Å²) in [6.45, 7) is 2.12. The van der Waals surface area contributed by atoms with Crippen LogP contribution in [0.2, 0.25) is 0 Å². The van der Waals surface area contributed by atoms with Gasteiger partial charge in [0.1, 0.15) is 5.75 Å². The van der Waals surface area contributed by atoms with Crippen molar-refractivity contribution < 1.29 is 9.53 Å². The molecule has 0 aliphatic heterocycles. The Bertz CT molecular complexity index is 658. The zero-order valence-corrected chi connectivity index (χ0v) is 13.2. The second-order valence-corrected chi connectivity index (χ2v) is 6.45. The smallest absolute Gasteiger partial charge is 0.256 e. The number of aryl methyl sites for hydroxylation is 1. The van der Waals surface area contributed by atoms with Crippen molar-refractivity contribution in [1.29, 1.82) is 0 Å². The van der Waals surface area contributed by atoms with Crippen molar-refractivity contribution in [3.63, 3.8) is 0 Å². The first-order chi connectivity index (χ1) is 10.2. The van der Waals surface area contributed by atoms with Crippen LogP contribution in [-0.2, 0) is 12.8 Å². The molecule has 1 N–H and O–H groups in total. The van der Waals surface area contributed by atoms with Gasteiger partial charge in [-0.1, -0.05) is 0 Å². The van der Waals surface area contributed by atoms with Gasteiger partial charge in [0.05, 0.1) is 12.1 Å². The fraction of sp³-hybridized carbons (Fsp3) is 0.353. The fourth-order valence-corrected chi connectivity index (χ4v) is 4.05. The largest absolute Gasteiger partial charge is 0.497 e. The highest BCUT2D eigenvalue weighted by atomic mass is 32.1. The maximum Gasteiger partial charge on any atom is 0.256 e. The number of methoxy groups -OCH3 is 1. The monoisotopic (exact) mass is 301 g/mol. The molecule has 0 radical (unpaired) electrons. The number of carbonyl (C=O) groups is 1. The second-order valence-electron chi connectivity index (χ2n) is 5.35. The van der Waals surface area contributed by atoms with E-state index in [4.69, 9.17) is 4.74 Å². The molecule has 4 heteroatoms. The molecule has 21 heavy (non-hydrogen) atoms. The summed E-state index contributed by atoms with van der Waals surface area (Å²) in [7, 11) is 1.62. The number of fused-ring (bicyclic) bond motifs is 1. The van der Waals surface area contributed by atoms with E-state index < -0.39 is 0 Å². The zero-order valence-electron chi connectivity index (χ0n) is 12.4. The number of anilines is 1. The fourth-order valence-electron chi connectivity index (χ4n) is 2.76. The highest BCUT2D eigenvalue weighted by Gasteiger charge is 2.19. The van der Waals surface area contributed by atoms with Crippen LogP contribution in [0.1, 0.15) is 39.2 Å². The van der Waals surface area contributed by atoms with Gasteiger partial charge in [0, 0.05) is 10.4 Å². The Kier molecular flexibility index (Phi) is 3.97. The number of ether oxygens (including phenoxy) is 1. The third-order valence-corrected chi connectivity index (χ3v) is 5.32. The van der Waals surface area contributed by atoms with Gasteiger partial charge in [0.15, 0.2) is 0 Å². The predicted molar refractivity (Wildman–Crippen MR) is 86.6 cm³/mol. The summed E-state index contributed by atoms with van der Waals surface area (Å²) in [6, 6.07) is 7.19. The topological polar surface area (TPSA) is 38.3 Å². The Morgan fingerprint density at radius 1 is 1.19 bits per heavy atom. The van der Waals surface area contributed by atoms with Crippen LogP contribution in [0, 0.1) is 6.92 Å². The summed E-state index contributed by atoms with van der Waals surface area (Å²) in [6.07, 6.45) is 4.82. The van der Waals surface area contributed by atoms with Crippen LogP contribution in [0.15, 0.2) is 24.3 Å². The van der Waals surface area contributed by atoms with E-state index in [9.17, 15) is 4.79 Å². The van der Waals surface area contributed by atoms with Crippen molar-refractivity contribution in [2.75, 3.05) is 12.4 Å². The van der Waals surface area contributed by atoms with E-state index in [-0.39, 0.29) is 5.91 Å². The Labute approximate surface area is 129 Å². The van der Waals surface area contributed by atoms with Crippen LogP contribution in [0.3, 0.4) is 0 Å². The van der Waals surface area contributed by atoms with Crippen LogP contribution in [0.4, 0.5) is 5.00 Å². The minimum atomic E-state index is -0.0562. The average Bonchev–Trinajstić information content (AvgIpc) is 2.84. The molecule has 2 aromatic rings. The summed E-state index contributed by atoms with van der Waals surface area (Å²) in [5.41, 5.74) is 3.36. The maximum absolute atomic E-state index is 12.3. The van der Waals surface area contributed by atoms with Gasteiger partial charge in [-0.05, 0) is 68.0 Å². The molecule has 1 aliphatic carbocycles. The Morgan fingerprint density at radius 2 is 1.90 bits per heavy atom. The third kappa shape index (κ3) is 2.81. The summed E-state index contributed by atoms with van der Waals surface area (Å²) >= 11 is 1.74. The van der Waals surface area contributed by atoms with Gasteiger partial charge in [-0.15, -0.1) is 11.3 Å². The van der Waals surface area contributed by atoms with E-state index >= 15 is 0 Å². The summed E-state index contributed by atoms with van der Waals surface area (Å²) in [4.78, 5) is 13.8. The van der Waals surface area contributed by atoms with Crippen LogP contribution in [0.25, 0.3) is 0 Å². The molecular formula is C17H19NO2S. The molecule has 1 aromatic carbocycles. The second kappa shape index (κ2) is 5.90. The van der Waals surface area contributed by atoms with Crippen molar-refractivity contribution in [2.45, 2.75) is 32.6 Å². The normalized spacial score (nSPS) is 13.6. The third-order valence-electron chi connectivity index (χ3n) is 4.01. The number of amides is 1. The molecule has 0 saturated heterocycles. The molecule has 0 spiro atoms. The minimum Gasteiger partial charge on any atom is -0.497 e. The number of benzene rings is 1. The van der Waals surface area contributed by atoms with Crippen molar-refractivity contribution in [2.24, 2.45) is 0 Å².